The van der Waals surface area contributed by atoms with Gasteiger partial charge in [0.05, 0.1) is 6.10 Å². The van der Waals surface area contributed by atoms with Crippen LogP contribution in [0.4, 0.5) is 0 Å². The smallest absolute Gasteiger partial charge is 0.0580 e. The summed E-state index contributed by atoms with van der Waals surface area (Å²) < 4.78 is 0. The van der Waals surface area contributed by atoms with Crippen LogP contribution in [0.3, 0.4) is 0 Å². The first-order valence-corrected chi connectivity index (χ1v) is 5.24. The summed E-state index contributed by atoms with van der Waals surface area (Å²) in [6, 6.07) is 0. The van der Waals surface area contributed by atoms with Gasteiger partial charge in [-0.2, -0.15) is 0 Å². The Morgan fingerprint density at radius 3 is 2.58 bits per heavy atom. The molecule has 0 spiro atoms. The lowest BCUT2D eigenvalue weighted by molar-refractivity contribution is 0.154. The number of allylic oxidation sites excluding steroid dienone is 1. The molecule has 1 unspecified atom stereocenters. The quantitative estimate of drug-likeness (QED) is 0.544. The summed E-state index contributed by atoms with van der Waals surface area (Å²) >= 11 is 0. The van der Waals surface area contributed by atoms with Crippen molar-refractivity contribution in [3.05, 3.63) is 11.1 Å². The lowest BCUT2D eigenvalue weighted by Crippen LogP contribution is -2.18. The lowest BCUT2D eigenvalue weighted by Gasteiger charge is -2.27. The van der Waals surface area contributed by atoms with Crippen LogP contribution in [0, 0.1) is 11.8 Å². The van der Waals surface area contributed by atoms with Gasteiger partial charge < -0.3 is 5.11 Å². The van der Waals surface area contributed by atoms with Crippen molar-refractivity contribution in [2.75, 3.05) is 0 Å². The Morgan fingerprint density at radius 2 is 1.75 bits per heavy atom. The summed E-state index contributed by atoms with van der Waals surface area (Å²) in [5.41, 5.74) is 3.43. The molecule has 1 fully saturated rings. The van der Waals surface area contributed by atoms with Gasteiger partial charge in [-0.3, -0.25) is 0 Å². The van der Waals surface area contributed by atoms with E-state index in [1.807, 2.05) is 0 Å². The second kappa shape index (κ2) is 2.35. The van der Waals surface area contributed by atoms with Crippen LogP contribution in [0.1, 0.15) is 38.5 Å². The Balaban J connectivity index is 1.95. The standard InChI is InChI=1S/C11H16O/c12-9-3-4-10-7-1-2-8(5-7)11(10)6-9/h7-9,12H,1-6H2/t7-,8+,9?/m1/s1. The Labute approximate surface area is 73.5 Å². The molecule has 0 aromatic carbocycles. The maximum atomic E-state index is 9.55. The van der Waals surface area contributed by atoms with E-state index in [4.69, 9.17) is 0 Å². The Kier molecular flexibility index (Phi) is 1.40. The van der Waals surface area contributed by atoms with Crippen molar-refractivity contribution in [1.29, 1.82) is 0 Å². The summed E-state index contributed by atoms with van der Waals surface area (Å²) in [4.78, 5) is 0. The molecule has 12 heavy (non-hydrogen) atoms. The second-order valence-corrected chi connectivity index (χ2v) is 4.65. The van der Waals surface area contributed by atoms with E-state index in [1.54, 1.807) is 11.1 Å². The minimum atomic E-state index is -0.0110. The highest BCUT2D eigenvalue weighted by Gasteiger charge is 2.40. The zero-order valence-electron chi connectivity index (χ0n) is 7.42. The molecule has 2 bridgehead atoms. The van der Waals surface area contributed by atoms with Crippen molar-refractivity contribution in [2.45, 2.75) is 44.6 Å². The first kappa shape index (κ1) is 7.14. The topological polar surface area (TPSA) is 20.2 Å². The second-order valence-electron chi connectivity index (χ2n) is 4.65. The van der Waals surface area contributed by atoms with Crippen molar-refractivity contribution in [1.82, 2.24) is 0 Å². The minimum absolute atomic E-state index is 0.0110. The molecule has 3 rings (SSSR count). The van der Waals surface area contributed by atoms with Crippen LogP contribution < -0.4 is 0 Å². The zero-order chi connectivity index (χ0) is 8.13. The molecule has 3 atom stereocenters. The maximum absolute atomic E-state index is 9.55. The van der Waals surface area contributed by atoms with E-state index in [0.29, 0.717) is 0 Å². The zero-order valence-corrected chi connectivity index (χ0v) is 7.42. The van der Waals surface area contributed by atoms with E-state index in [1.165, 1.54) is 25.7 Å². The van der Waals surface area contributed by atoms with Crippen LogP contribution in [0.5, 0.6) is 0 Å². The Morgan fingerprint density at radius 1 is 1.00 bits per heavy atom. The Hall–Kier alpha value is -0.300. The monoisotopic (exact) mass is 164 g/mol. The Bertz CT molecular complexity index is 241. The third kappa shape index (κ3) is 0.832. The van der Waals surface area contributed by atoms with Gasteiger partial charge >= 0.3 is 0 Å². The highest BCUT2D eigenvalue weighted by molar-refractivity contribution is 5.31. The molecule has 3 aliphatic rings. The maximum Gasteiger partial charge on any atom is 0.0580 e. The molecule has 0 saturated heterocycles. The van der Waals surface area contributed by atoms with Crippen LogP contribution in [-0.4, -0.2) is 11.2 Å². The minimum Gasteiger partial charge on any atom is -0.393 e. The molecule has 0 aromatic heterocycles. The van der Waals surface area contributed by atoms with Crippen molar-refractivity contribution in [3.8, 4) is 0 Å². The molecular formula is C11H16O. The molecule has 0 aromatic rings. The van der Waals surface area contributed by atoms with Crippen LogP contribution in [0.15, 0.2) is 11.1 Å². The fourth-order valence-electron chi connectivity index (χ4n) is 3.48. The largest absolute Gasteiger partial charge is 0.393 e. The number of aliphatic hydroxyl groups excluding tert-OH is 1. The average molecular weight is 164 g/mol. The lowest BCUT2D eigenvalue weighted by atomic mass is 9.81. The van der Waals surface area contributed by atoms with Gasteiger partial charge in [0.1, 0.15) is 0 Å². The number of aliphatic hydroxyl groups is 1. The third-order valence-corrected chi connectivity index (χ3v) is 4.03. The number of fused-ring (bicyclic) bond motifs is 4. The molecule has 3 aliphatic carbocycles. The van der Waals surface area contributed by atoms with Crippen LogP contribution in [0.2, 0.25) is 0 Å². The van der Waals surface area contributed by atoms with Gasteiger partial charge in [0, 0.05) is 0 Å². The molecule has 1 heteroatoms. The van der Waals surface area contributed by atoms with E-state index in [9.17, 15) is 5.11 Å². The molecule has 0 heterocycles. The van der Waals surface area contributed by atoms with Gasteiger partial charge in [0.15, 0.2) is 0 Å². The van der Waals surface area contributed by atoms with Crippen LogP contribution in [0.25, 0.3) is 0 Å². The molecule has 0 radical (unpaired) electrons. The summed E-state index contributed by atoms with van der Waals surface area (Å²) in [5.74, 6) is 1.83. The normalized spacial score (nSPS) is 45.2. The summed E-state index contributed by atoms with van der Waals surface area (Å²) in [6.45, 7) is 0. The summed E-state index contributed by atoms with van der Waals surface area (Å²) in [5, 5.41) is 9.55. The van der Waals surface area contributed by atoms with Gasteiger partial charge in [-0.1, -0.05) is 11.1 Å². The molecule has 1 saturated carbocycles. The highest BCUT2D eigenvalue weighted by Crippen LogP contribution is 2.53. The van der Waals surface area contributed by atoms with E-state index in [2.05, 4.69) is 0 Å². The van der Waals surface area contributed by atoms with Crippen molar-refractivity contribution in [3.63, 3.8) is 0 Å². The van der Waals surface area contributed by atoms with E-state index >= 15 is 0 Å². The van der Waals surface area contributed by atoms with Gasteiger partial charge in [-0.25, -0.2) is 0 Å². The van der Waals surface area contributed by atoms with E-state index in [-0.39, 0.29) is 6.10 Å². The van der Waals surface area contributed by atoms with Crippen LogP contribution >= 0.6 is 0 Å². The number of hydrogen-bond acceptors (Lipinski definition) is 1. The van der Waals surface area contributed by atoms with Crippen molar-refractivity contribution < 1.29 is 5.11 Å². The molecule has 1 nitrogen and oxygen atoms in total. The van der Waals surface area contributed by atoms with E-state index in [0.717, 1.165) is 24.7 Å². The van der Waals surface area contributed by atoms with Gasteiger partial charge in [0.2, 0.25) is 0 Å². The predicted molar refractivity (Wildman–Crippen MR) is 47.7 cm³/mol. The van der Waals surface area contributed by atoms with Gasteiger partial charge in [-0.05, 0) is 50.4 Å². The van der Waals surface area contributed by atoms with Crippen molar-refractivity contribution in [2.24, 2.45) is 11.8 Å². The highest BCUT2D eigenvalue weighted by atomic mass is 16.3. The fraction of sp³-hybridized carbons (Fsp3) is 0.818. The summed E-state index contributed by atoms with van der Waals surface area (Å²) in [6.07, 6.45) is 7.52. The van der Waals surface area contributed by atoms with Crippen LogP contribution in [-0.2, 0) is 0 Å². The first-order chi connectivity index (χ1) is 5.84. The fourth-order valence-corrected chi connectivity index (χ4v) is 3.48. The molecular weight excluding hydrogens is 148 g/mol. The van der Waals surface area contributed by atoms with Gasteiger partial charge in [0.25, 0.3) is 0 Å². The van der Waals surface area contributed by atoms with E-state index < -0.39 is 0 Å². The number of rotatable bonds is 0. The molecule has 0 aliphatic heterocycles. The molecule has 66 valence electrons. The average Bonchev–Trinajstić information content (AvgIpc) is 2.63. The van der Waals surface area contributed by atoms with Gasteiger partial charge in [-0.15, -0.1) is 0 Å². The third-order valence-electron chi connectivity index (χ3n) is 4.03. The summed E-state index contributed by atoms with van der Waals surface area (Å²) in [7, 11) is 0. The molecule has 0 amide bonds. The molecule has 1 N–H and O–H groups in total. The predicted octanol–water partition coefficient (Wildman–Crippen LogP) is 2.26. The first-order valence-electron chi connectivity index (χ1n) is 5.24. The number of hydrogen-bond donors (Lipinski definition) is 1. The SMILES string of the molecule is OC1CCC2=C(C1)[C@H]1CC[C@@H]2C1. The van der Waals surface area contributed by atoms with Crippen molar-refractivity contribution >= 4 is 0 Å².